The van der Waals surface area contributed by atoms with E-state index in [9.17, 15) is 19.2 Å². The van der Waals surface area contributed by atoms with Crippen LogP contribution in [0.15, 0.2) is 73.8 Å². The van der Waals surface area contributed by atoms with Gasteiger partial charge in [0, 0.05) is 13.1 Å². The average molecular weight is 549 g/mol. The Labute approximate surface area is 236 Å². The molecule has 2 aromatic rings. The number of carbonyl (C=O) groups excluding carboxylic acids is 4. The molecule has 0 aliphatic heterocycles. The molecule has 0 aliphatic rings. The van der Waals surface area contributed by atoms with E-state index in [0.29, 0.717) is 0 Å². The fourth-order valence-electron chi connectivity index (χ4n) is 3.63. The van der Waals surface area contributed by atoms with Gasteiger partial charge in [0.05, 0.1) is 11.1 Å². The maximum atomic E-state index is 13.1. The highest BCUT2D eigenvalue weighted by Crippen LogP contribution is 2.24. The molecule has 0 radical (unpaired) electrons. The first kappa shape index (κ1) is 32.0. The van der Waals surface area contributed by atoms with Gasteiger partial charge in [-0.2, -0.15) is 0 Å². The molecule has 0 aliphatic carbocycles. The lowest BCUT2D eigenvalue weighted by Gasteiger charge is -2.26. The Bertz CT molecular complexity index is 1120. The van der Waals surface area contributed by atoms with E-state index in [1.54, 1.807) is 48.5 Å². The minimum Gasteiger partial charge on any atom is -0.444 e. The number of benzene rings is 2. The van der Waals surface area contributed by atoms with Gasteiger partial charge in [0.15, 0.2) is 0 Å². The monoisotopic (exact) mass is 548 g/mol. The fourth-order valence-corrected chi connectivity index (χ4v) is 3.63. The number of esters is 2. The van der Waals surface area contributed by atoms with Crippen LogP contribution in [0.3, 0.4) is 0 Å². The Hall–Kier alpha value is -4.20. The van der Waals surface area contributed by atoms with Crippen LogP contribution in [0.2, 0.25) is 0 Å². The van der Waals surface area contributed by atoms with Gasteiger partial charge in [-0.1, -0.05) is 78.0 Å². The van der Waals surface area contributed by atoms with Crippen molar-refractivity contribution in [1.29, 1.82) is 0 Å². The molecule has 0 unspecified atom stereocenters. The van der Waals surface area contributed by atoms with Gasteiger partial charge in [-0.3, -0.25) is 9.59 Å². The van der Waals surface area contributed by atoms with E-state index in [2.05, 4.69) is 23.8 Å². The molecule has 214 valence electrons. The molecule has 8 heteroatoms. The largest absolute Gasteiger partial charge is 0.444 e. The van der Waals surface area contributed by atoms with Crippen molar-refractivity contribution in [2.24, 2.45) is 0 Å². The van der Waals surface area contributed by atoms with E-state index in [-0.39, 0.29) is 35.0 Å². The number of carbonyl (C=O) groups is 4. The summed E-state index contributed by atoms with van der Waals surface area (Å²) < 4.78 is 11.1. The van der Waals surface area contributed by atoms with Gasteiger partial charge >= 0.3 is 11.9 Å². The Morgan fingerprint density at radius 3 is 1.20 bits per heavy atom. The molecule has 2 amide bonds. The molecule has 0 fully saturated rings. The summed E-state index contributed by atoms with van der Waals surface area (Å²) >= 11 is 0. The van der Waals surface area contributed by atoms with Crippen molar-refractivity contribution in [2.75, 3.05) is 13.1 Å². The molecule has 40 heavy (non-hydrogen) atoms. The van der Waals surface area contributed by atoms with Gasteiger partial charge in [0.25, 0.3) is 11.8 Å². The zero-order chi connectivity index (χ0) is 30.1. The van der Waals surface area contributed by atoms with Crippen LogP contribution in [0.25, 0.3) is 0 Å². The number of amides is 2. The lowest BCUT2D eigenvalue weighted by molar-refractivity contribution is -0.147. The third-order valence-corrected chi connectivity index (χ3v) is 6.07. The van der Waals surface area contributed by atoms with Gasteiger partial charge in [0.1, 0.15) is 0 Å². The molecule has 8 nitrogen and oxygen atoms in total. The second-order valence-electron chi connectivity index (χ2n) is 11.4. The normalized spacial score (nSPS) is 12.8. The van der Waals surface area contributed by atoms with Crippen LogP contribution < -0.4 is 10.6 Å². The molecule has 2 N–H and O–H groups in total. The fraction of sp³-hybridized carbons (Fsp3) is 0.375. The quantitative estimate of drug-likeness (QED) is 0.313. The third-order valence-electron chi connectivity index (χ3n) is 6.07. The maximum absolute atomic E-state index is 13.1. The molecule has 2 aromatic carbocycles. The summed E-state index contributed by atoms with van der Waals surface area (Å²) in [6.45, 7) is 19.4. The first-order valence-corrected chi connectivity index (χ1v) is 13.1. The summed E-state index contributed by atoms with van der Waals surface area (Å²) in [5.74, 6) is -3.36. The minimum atomic E-state index is -1.78. The van der Waals surface area contributed by atoms with Crippen LogP contribution in [0.1, 0.15) is 73.4 Å². The van der Waals surface area contributed by atoms with Gasteiger partial charge < -0.3 is 20.1 Å². The Kier molecular flexibility index (Phi) is 11.0. The zero-order valence-corrected chi connectivity index (χ0v) is 24.2. The van der Waals surface area contributed by atoms with E-state index in [4.69, 9.17) is 9.47 Å². The van der Waals surface area contributed by atoms with Gasteiger partial charge in [0.2, 0.25) is 12.2 Å². The van der Waals surface area contributed by atoms with Crippen LogP contribution in [0.4, 0.5) is 0 Å². The molecular weight excluding hydrogens is 508 g/mol. The highest BCUT2D eigenvalue weighted by Gasteiger charge is 2.40. The SMILES string of the molecule is C=CCNC(=O)[C@H](OC(=O)c1ccc(C(C)(C)C)cc1)[C@@H](OC(=O)c1ccc(C(C)(C)C)cc1)C(=O)NCC=C. The van der Waals surface area contributed by atoms with E-state index in [1.165, 1.54) is 12.2 Å². The van der Waals surface area contributed by atoms with Crippen LogP contribution in [-0.2, 0) is 29.9 Å². The first-order valence-electron chi connectivity index (χ1n) is 13.1. The van der Waals surface area contributed by atoms with Crippen molar-refractivity contribution in [2.45, 2.75) is 64.6 Å². The van der Waals surface area contributed by atoms with Crippen molar-refractivity contribution in [3.8, 4) is 0 Å². The number of nitrogens with one attached hydrogen (secondary N) is 2. The van der Waals surface area contributed by atoms with E-state index in [1.807, 2.05) is 41.5 Å². The summed E-state index contributed by atoms with van der Waals surface area (Å²) in [5, 5.41) is 5.04. The summed E-state index contributed by atoms with van der Waals surface area (Å²) in [5.41, 5.74) is 2.06. The van der Waals surface area contributed by atoms with E-state index >= 15 is 0 Å². The van der Waals surface area contributed by atoms with Gasteiger partial charge in [-0.15, -0.1) is 13.2 Å². The highest BCUT2D eigenvalue weighted by molar-refractivity contribution is 5.98. The summed E-state index contributed by atoms with van der Waals surface area (Å²) in [4.78, 5) is 52.5. The van der Waals surface area contributed by atoms with Crippen molar-refractivity contribution >= 4 is 23.8 Å². The molecule has 0 heterocycles. The number of hydrogen-bond acceptors (Lipinski definition) is 6. The van der Waals surface area contributed by atoms with Crippen molar-refractivity contribution in [3.63, 3.8) is 0 Å². The second-order valence-corrected chi connectivity index (χ2v) is 11.4. The van der Waals surface area contributed by atoms with Crippen LogP contribution >= 0.6 is 0 Å². The number of hydrogen-bond donors (Lipinski definition) is 2. The van der Waals surface area contributed by atoms with Crippen molar-refractivity contribution < 1.29 is 28.7 Å². The molecular formula is C32H40N2O6. The molecule has 0 bridgehead atoms. The maximum Gasteiger partial charge on any atom is 0.339 e. The molecule has 2 atom stereocenters. The summed E-state index contributed by atoms with van der Waals surface area (Å²) in [7, 11) is 0. The second kappa shape index (κ2) is 13.7. The lowest BCUT2D eigenvalue weighted by Crippen LogP contribution is -2.53. The summed E-state index contributed by atoms with van der Waals surface area (Å²) in [6, 6.07) is 13.5. The number of ether oxygens (including phenoxy) is 2. The zero-order valence-electron chi connectivity index (χ0n) is 24.2. The number of rotatable bonds is 11. The molecule has 2 rings (SSSR count). The van der Waals surface area contributed by atoms with Crippen LogP contribution in [-0.4, -0.2) is 49.1 Å². The Morgan fingerprint density at radius 2 is 0.950 bits per heavy atom. The summed E-state index contributed by atoms with van der Waals surface area (Å²) in [6.07, 6.45) is -0.704. The predicted molar refractivity (Wildman–Crippen MR) is 155 cm³/mol. The molecule has 0 saturated heterocycles. The van der Waals surface area contributed by atoms with Crippen LogP contribution in [0, 0.1) is 0 Å². The third kappa shape index (κ3) is 8.93. The van der Waals surface area contributed by atoms with Crippen molar-refractivity contribution in [1.82, 2.24) is 10.6 Å². The molecule has 0 aromatic heterocycles. The van der Waals surface area contributed by atoms with E-state index < -0.39 is 36.0 Å². The average Bonchev–Trinajstić information content (AvgIpc) is 2.91. The Morgan fingerprint density at radius 1 is 0.650 bits per heavy atom. The Balaban J connectivity index is 2.42. The molecule has 0 spiro atoms. The topological polar surface area (TPSA) is 111 Å². The highest BCUT2D eigenvalue weighted by atomic mass is 16.6. The van der Waals surface area contributed by atoms with Crippen molar-refractivity contribution in [3.05, 3.63) is 96.1 Å². The molecule has 0 saturated carbocycles. The van der Waals surface area contributed by atoms with Gasteiger partial charge in [-0.05, 0) is 46.2 Å². The predicted octanol–water partition coefficient (Wildman–Crippen LogP) is 4.64. The standard InChI is InChI=1S/C32H40N2O6/c1-9-19-33-27(35)25(39-29(37)21-11-15-23(16-12-21)31(3,4)5)26(28(36)34-20-10-2)40-30(38)22-13-17-24(18-14-22)32(6,7)8/h9-18,25-26H,1-2,19-20H2,3-8H3,(H,33,35)(H,34,36)/t25-,26-/m1/s1. The minimum absolute atomic E-state index is 0.0381. The lowest BCUT2D eigenvalue weighted by atomic mass is 9.87. The first-order chi connectivity index (χ1) is 18.7. The smallest absolute Gasteiger partial charge is 0.339 e. The van der Waals surface area contributed by atoms with E-state index in [0.717, 1.165) is 11.1 Å². The van der Waals surface area contributed by atoms with Crippen LogP contribution in [0.5, 0.6) is 0 Å². The van der Waals surface area contributed by atoms with Gasteiger partial charge in [-0.25, -0.2) is 9.59 Å².